The summed E-state index contributed by atoms with van der Waals surface area (Å²) in [5.41, 5.74) is 6.20. The zero-order valence-electron chi connectivity index (χ0n) is 8.08. The minimum Gasteiger partial charge on any atom is -0.359 e. The quantitative estimate of drug-likeness (QED) is 0.688. The standard InChI is InChI=1S/C10H16N2O/c1-7(2)8(6-11)10(13)9-4-3-5-12-9/h3-5,7-8,12H,6,11H2,1-2H3. The third-order valence-electron chi connectivity index (χ3n) is 2.26. The smallest absolute Gasteiger partial charge is 0.183 e. The molecule has 0 saturated heterocycles. The topological polar surface area (TPSA) is 58.9 Å². The van der Waals surface area contributed by atoms with Crippen LogP contribution in [0.25, 0.3) is 0 Å². The molecule has 1 aromatic rings. The van der Waals surface area contributed by atoms with Crippen LogP contribution in [0.4, 0.5) is 0 Å². The molecule has 0 radical (unpaired) electrons. The number of aromatic amines is 1. The highest BCUT2D eigenvalue weighted by Crippen LogP contribution is 2.14. The summed E-state index contributed by atoms with van der Waals surface area (Å²) in [6.45, 7) is 4.44. The first-order valence-electron chi connectivity index (χ1n) is 4.54. The van der Waals surface area contributed by atoms with Crippen LogP contribution >= 0.6 is 0 Å². The van der Waals surface area contributed by atoms with Gasteiger partial charge in [-0.3, -0.25) is 4.79 Å². The zero-order valence-corrected chi connectivity index (χ0v) is 8.08. The van der Waals surface area contributed by atoms with E-state index in [0.717, 1.165) is 0 Å². The Kier molecular flexibility index (Phi) is 3.25. The summed E-state index contributed by atoms with van der Waals surface area (Å²) in [6, 6.07) is 3.61. The predicted octanol–water partition coefficient (Wildman–Crippen LogP) is 1.43. The van der Waals surface area contributed by atoms with Crippen molar-refractivity contribution in [2.75, 3.05) is 6.54 Å². The molecule has 0 bridgehead atoms. The van der Waals surface area contributed by atoms with Gasteiger partial charge in [-0.25, -0.2) is 0 Å². The Morgan fingerprint density at radius 1 is 1.62 bits per heavy atom. The number of ketones is 1. The van der Waals surface area contributed by atoms with Crippen molar-refractivity contribution >= 4 is 5.78 Å². The fourth-order valence-electron chi connectivity index (χ4n) is 1.37. The van der Waals surface area contributed by atoms with Crippen molar-refractivity contribution in [1.29, 1.82) is 0 Å². The van der Waals surface area contributed by atoms with Gasteiger partial charge in [-0.15, -0.1) is 0 Å². The molecule has 1 heterocycles. The van der Waals surface area contributed by atoms with Crippen molar-refractivity contribution in [3.8, 4) is 0 Å². The number of carbonyl (C=O) groups excluding carboxylic acids is 1. The largest absolute Gasteiger partial charge is 0.359 e. The van der Waals surface area contributed by atoms with Crippen LogP contribution in [0.5, 0.6) is 0 Å². The van der Waals surface area contributed by atoms with Crippen LogP contribution in [0, 0.1) is 11.8 Å². The number of nitrogens with two attached hydrogens (primary N) is 1. The van der Waals surface area contributed by atoms with E-state index in [1.165, 1.54) is 0 Å². The fourth-order valence-corrected chi connectivity index (χ4v) is 1.37. The van der Waals surface area contributed by atoms with Gasteiger partial charge in [0.05, 0.1) is 5.69 Å². The van der Waals surface area contributed by atoms with Gasteiger partial charge < -0.3 is 10.7 Å². The van der Waals surface area contributed by atoms with Gasteiger partial charge in [-0.2, -0.15) is 0 Å². The molecule has 72 valence electrons. The number of carbonyl (C=O) groups is 1. The number of hydrogen-bond donors (Lipinski definition) is 2. The Morgan fingerprint density at radius 3 is 2.69 bits per heavy atom. The summed E-state index contributed by atoms with van der Waals surface area (Å²) < 4.78 is 0. The molecule has 0 aromatic carbocycles. The second-order valence-electron chi connectivity index (χ2n) is 3.53. The third kappa shape index (κ3) is 2.18. The molecule has 0 fully saturated rings. The summed E-state index contributed by atoms with van der Waals surface area (Å²) in [6.07, 6.45) is 1.75. The Labute approximate surface area is 78.3 Å². The molecule has 0 aliphatic rings. The molecule has 0 saturated carbocycles. The maximum absolute atomic E-state index is 11.8. The fraction of sp³-hybridized carbons (Fsp3) is 0.500. The normalized spacial score (nSPS) is 13.2. The monoisotopic (exact) mass is 180 g/mol. The Balaban J connectivity index is 2.77. The van der Waals surface area contributed by atoms with E-state index in [-0.39, 0.29) is 11.7 Å². The zero-order chi connectivity index (χ0) is 9.84. The first kappa shape index (κ1) is 9.99. The van der Waals surface area contributed by atoms with Gasteiger partial charge in [0.1, 0.15) is 0 Å². The Hall–Kier alpha value is -1.09. The number of Topliss-reactive ketones (excluding diaryl/α,β-unsaturated/α-hetero) is 1. The van der Waals surface area contributed by atoms with Gasteiger partial charge in [0.15, 0.2) is 5.78 Å². The molecule has 13 heavy (non-hydrogen) atoms. The Bertz CT molecular complexity index is 264. The molecule has 1 unspecified atom stereocenters. The van der Waals surface area contributed by atoms with Crippen molar-refractivity contribution in [1.82, 2.24) is 4.98 Å². The molecule has 0 aliphatic carbocycles. The minimum absolute atomic E-state index is 0.0707. The van der Waals surface area contributed by atoms with Crippen molar-refractivity contribution < 1.29 is 4.79 Å². The highest BCUT2D eigenvalue weighted by molar-refractivity contribution is 5.96. The SMILES string of the molecule is CC(C)C(CN)C(=O)c1ccc[nH]1. The average Bonchev–Trinajstić information content (AvgIpc) is 2.56. The number of aromatic nitrogens is 1. The second kappa shape index (κ2) is 4.23. The van der Waals surface area contributed by atoms with Crippen LogP contribution in [0.2, 0.25) is 0 Å². The summed E-state index contributed by atoms with van der Waals surface area (Å²) in [5.74, 6) is 0.335. The van der Waals surface area contributed by atoms with Crippen LogP contribution in [-0.4, -0.2) is 17.3 Å². The molecule has 0 amide bonds. The molecule has 1 atom stereocenters. The highest BCUT2D eigenvalue weighted by Gasteiger charge is 2.22. The minimum atomic E-state index is -0.0707. The van der Waals surface area contributed by atoms with Gasteiger partial charge in [0.2, 0.25) is 0 Å². The molecule has 1 rings (SSSR count). The molecule has 3 heteroatoms. The number of rotatable bonds is 4. The highest BCUT2D eigenvalue weighted by atomic mass is 16.1. The van der Waals surface area contributed by atoms with Crippen LogP contribution < -0.4 is 5.73 Å². The Morgan fingerprint density at radius 2 is 2.31 bits per heavy atom. The van der Waals surface area contributed by atoms with E-state index in [4.69, 9.17) is 5.73 Å². The second-order valence-corrected chi connectivity index (χ2v) is 3.53. The van der Waals surface area contributed by atoms with E-state index in [1.807, 2.05) is 19.9 Å². The predicted molar refractivity (Wildman–Crippen MR) is 52.5 cm³/mol. The maximum Gasteiger partial charge on any atom is 0.183 e. The molecule has 3 nitrogen and oxygen atoms in total. The first-order valence-corrected chi connectivity index (χ1v) is 4.54. The lowest BCUT2D eigenvalue weighted by Crippen LogP contribution is -2.28. The lowest BCUT2D eigenvalue weighted by atomic mass is 9.90. The lowest BCUT2D eigenvalue weighted by Gasteiger charge is -2.16. The van der Waals surface area contributed by atoms with Gasteiger partial charge >= 0.3 is 0 Å². The van der Waals surface area contributed by atoms with Crippen molar-refractivity contribution in [3.63, 3.8) is 0 Å². The molecule has 1 aromatic heterocycles. The van der Waals surface area contributed by atoms with Crippen molar-refractivity contribution in [2.24, 2.45) is 17.6 Å². The summed E-state index contributed by atoms with van der Waals surface area (Å²) >= 11 is 0. The maximum atomic E-state index is 11.8. The molecular weight excluding hydrogens is 164 g/mol. The van der Waals surface area contributed by atoms with E-state index < -0.39 is 0 Å². The van der Waals surface area contributed by atoms with Crippen LogP contribution in [0.3, 0.4) is 0 Å². The van der Waals surface area contributed by atoms with Gasteiger partial charge in [-0.05, 0) is 18.1 Å². The van der Waals surface area contributed by atoms with Gasteiger partial charge in [-0.1, -0.05) is 13.8 Å². The van der Waals surface area contributed by atoms with Crippen LogP contribution in [0.1, 0.15) is 24.3 Å². The molecular formula is C10H16N2O. The molecule has 0 spiro atoms. The summed E-state index contributed by atoms with van der Waals surface area (Å²) in [7, 11) is 0. The van der Waals surface area contributed by atoms with Crippen molar-refractivity contribution in [3.05, 3.63) is 24.0 Å². The van der Waals surface area contributed by atoms with E-state index in [0.29, 0.717) is 18.2 Å². The summed E-state index contributed by atoms with van der Waals surface area (Å²) in [4.78, 5) is 14.7. The molecule has 3 N–H and O–H groups in total. The van der Waals surface area contributed by atoms with E-state index in [1.54, 1.807) is 12.3 Å². The number of H-pyrrole nitrogens is 1. The van der Waals surface area contributed by atoms with Gasteiger partial charge in [0, 0.05) is 18.7 Å². The third-order valence-corrected chi connectivity index (χ3v) is 2.26. The van der Waals surface area contributed by atoms with Crippen molar-refractivity contribution in [2.45, 2.75) is 13.8 Å². The van der Waals surface area contributed by atoms with Crippen LogP contribution in [-0.2, 0) is 0 Å². The number of hydrogen-bond acceptors (Lipinski definition) is 2. The average molecular weight is 180 g/mol. The van der Waals surface area contributed by atoms with Crippen LogP contribution in [0.15, 0.2) is 18.3 Å². The molecule has 0 aliphatic heterocycles. The van der Waals surface area contributed by atoms with E-state index in [2.05, 4.69) is 4.98 Å². The summed E-state index contributed by atoms with van der Waals surface area (Å²) in [5, 5.41) is 0. The lowest BCUT2D eigenvalue weighted by molar-refractivity contribution is 0.0887. The van der Waals surface area contributed by atoms with E-state index >= 15 is 0 Å². The van der Waals surface area contributed by atoms with E-state index in [9.17, 15) is 4.79 Å². The van der Waals surface area contributed by atoms with Gasteiger partial charge in [0.25, 0.3) is 0 Å². The first-order chi connectivity index (χ1) is 6.16. The number of nitrogens with one attached hydrogen (secondary N) is 1.